The maximum atomic E-state index is 13.5. The van der Waals surface area contributed by atoms with Crippen molar-refractivity contribution in [2.24, 2.45) is 0 Å². The van der Waals surface area contributed by atoms with Gasteiger partial charge in [-0.3, -0.25) is 0 Å². The minimum atomic E-state index is -1.50. The van der Waals surface area contributed by atoms with Crippen molar-refractivity contribution >= 4 is 5.97 Å². The van der Waals surface area contributed by atoms with Crippen LogP contribution in [0.15, 0.2) is 18.2 Å². The number of alkyl halides is 1. The van der Waals surface area contributed by atoms with E-state index in [2.05, 4.69) is 0 Å². The van der Waals surface area contributed by atoms with Gasteiger partial charge in [-0.05, 0) is 38.0 Å². The van der Waals surface area contributed by atoms with Gasteiger partial charge in [0.2, 0.25) is 0 Å². The molecule has 0 aliphatic rings. The first-order valence-corrected chi connectivity index (χ1v) is 4.35. The monoisotopic (exact) mass is 196 g/mol. The third kappa shape index (κ3) is 2.10. The molecule has 0 fully saturated rings. The summed E-state index contributed by atoms with van der Waals surface area (Å²) in [5.74, 6) is -1.02. The average Bonchev–Trinajstić information content (AvgIpc) is 2.02. The minimum Gasteiger partial charge on any atom is -0.478 e. The third-order valence-electron chi connectivity index (χ3n) is 2.15. The molecular formula is C11H13FO2. The van der Waals surface area contributed by atoms with Crippen LogP contribution in [0.2, 0.25) is 0 Å². The predicted molar refractivity (Wildman–Crippen MR) is 52.3 cm³/mol. The van der Waals surface area contributed by atoms with Gasteiger partial charge in [0.15, 0.2) is 0 Å². The van der Waals surface area contributed by atoms with E-state index in [1.807, 2.05) is 0 Å². The summed E-state index contributed by atoms with van der Waals surface area (Å²) < 4.78 is 13.5. The number of benzene rings is 1. The summed E-state index contributed by atoms with van der Waals surface area (Å²) in [4.78, 5) is 10.8. The van der Waals surface area contributed by atoms with Crippen molar-refractivity contribution in [2.45, 2.75) is 26.4 Å². The molecule has 0 atom stereocenters. The molecule has 3 heteroatoms. The third-order valence-corrected chi connectivity index (χ3v) is 2.15. The van der Waals surface area contributed by atoms with Crippen LogP contribution in [-0.2, 0) is 5.67 Å². The first-order chi connectivity index (χ1) is 6.32. The van der Waals surface area contributed by atoms with Crippen molar-refractivity contribution in [3.8, 4) is 0 Å². The van der Waals surface area contributed by atoms with Crippen molar-refractivity contribution in [1.82, 2.24) is 0 Å². The Morgan fingerprint density at radius 3 is 2.43 bits per heavy atom. The fourth-order valence-corrected chi connectivity index (χ4v) is 1.22. The molecule has 1 aromatic carbocycles. The number of carbonyl (C=O) groups is 1. The zero-order valence-electron chi connectivity index (χ0n) is 8.47. The number of aromatic carboxylic acids is 1. The largest absolute Gasteiger partial charge is 0.478 e. The number of rotatable bonds is 2. The highest BCUT2D eigenvalue weighted by Gasteiger charge is 2.20. The van der Waals surface area contributed by atoms with E-state index in [1.54, 1.807) is 19.1 Å². The first kappa shape index (κ1) is 10.7. The molecule has 0 radical (unpaired) electrons. The van der Waals surface area contributed by atoms with E-state index >= 15 is 0 Å². The highest BCUT2D eigenvalue weighted by molar-refractivity contribution is 5.89. The van der Waals surface area contributed by atoms with Gasteiger partial charge in [0.1, 0.15) is 5.67 Å². The van der Waals surface area contributed by atoms with Gasteiger partial charge >= 0.3 is 5.97 Å². The molecule has 0 aromatic heterocycles. The summed E-state index contributed by atoms with van der Waals surface area (Å²) >= 11 is 0. The summed E-state index contributed by atoms with van der Waals surface area (Å²) in [6.45, 7) is 4.51. The molecule has 14 heavy (non-hydrogen) atoms. The smallest absolute Gasteiger partial charge is 0.335 e. The van der Waals surface area contributed by atoms with E-state index in [0.717, 1.165) is 0 Å². The van der Waals surface area contributed by atoms with E-state index in [-0.39, 0.29) is 5.56 Å². The molecule has 0 saturated heterocycles. The Morgan fingerprint density at radius 1 is 1.43 bits per heavy atom. The molecule has 0 heterocycles. The Labute approximate surface area is 82.4 Å². The Morgan fingerprint density at radius 2 is 2.00 bits per heavy atom. The van der Waals surface area contributed by atoms with E-state index < -0.39 is 11.6 Å². The SMILES string of the molecule is Cc1ccc(C(C)(C)F)cc1C(=O)O. The van der Waals surface area contributed by atoms with Crippen LogP contribution in [0, 0.1) is 6.92 Å². The van der Waals surface area contributed by atoms with E-state index in [4.69, 9.17) is 5.11 Å². The van der Waals surface area contributed by atoms with Crippen molar-refractivity contribution in [1.29, 1.82) is 0 Å². The summed E-state index contributed by atoms with van der Waals surface area (Å²) in [7, 11) is 0. The minimum absolute atomic E-state index is 0.160. The molecule has 0 amide bonds. The number of halogens is 1. The van der Waals surface area contributed by atoms with Crippen LogP contribution >= 0.6 is 0 Å². The molecule has 0 unspecified atom stereocenters. The maximum Gasteiger partial charge on any atom is 0.335 e. The normalized spacial score (nSPS) is 11.4. The van der Waals surface area contributed by atoms with Gasteiger partial charge in [0.05, 0.1) is 5.56 Å². The Hall–Kier alpha value is -1.38. The fourth-order valence-electron chi connectivity index (χ4n) is 1.22. The number of carboxylic acid groups (broad SMARTS) is 1. The number of hydrogen-bond donors (Lipinski definition) is 1. The summed E-state index contributed by atoms with van der Waals surface area (Å²) in [5.41, 5.74) is -0.308. The van der Waals surface area contributed by atoms with Gasteiger partial charge in [-0.25, -0.2) is 9.18 Å². The van der Waals surface area contributed by atoms with Gasteiger partial charge in [-0.2, -0.15) is 0 Å². The molecule has 1 aromatic rings. The van der Waals surface area contributed by atoms with Gasteiger partial charge in [0.25, 0.3) is 0 Å². The van der Waals surface area contributed by atoms with Crippen LogP contribution in [0.25, 0.3) is 0 Å². The van der Waals surface area contributed by atoms with E-state index in [1.165, 1.54) is 19.9 Å². The van der Waals surface area contributed by atoms with Crippen molar-refractivity contribution < 1.29 is 14.3 Å². The fraction of sp³-hybridized carbons (Fsp3) is 0.364. The van der Waals surface area contributed by atoms with Gasteiger partial charge in [-0.15, -0.1) is 0 Å². The highest BCUT2D eigenvalue weighted by atomic mass is 19.1. The number of carboxylic acids is 1. The Kier molecular flexibility index (Phi) is 2.60. The van der Waals surface area contributed by atoms with Crippen LogP contribution in [0.1, 0.15) is 35.3 Å². The zero-order chi connectivity index (χ0) is 10.9. The molecule has 1 rings (SSSR count). The van der Waals surface area contributed by atoms with Crippen molar-refractivity contribution in [3.63, 3.8) is 0 Å². The second kappa shape index (κ2) is 3.40. The number of aryl methyl sites for hydroxylation is 1. The molecule has 1 N–H and O–H groups in total. The lowest BCUT2D eigenvalue weighted by Gasteiger charge is -2.15. The van der Waals surface area contributed by atoms with Crippen molar-refractivity contribution in [3.05, 3.63) is 34.9 Å². The van der Waals surface area contributed by atoms with Crippen LogP contribution < -0.4 is 0 Å². The standard InChI is InChI=1S/C11H13FO2/c1-7-4-5-8(11(2,3)12)6-9(7)10(13)14/h4-6H,1-3H3,(H,13,14). The van der Waals surface area contributed by atoms with Crippen LogP contribution in [0.4, 0.5) is 4.39 Å². The Bertz CT molecular complexity index is 364. The first-order valence-electron chi connectivity index (χ1n) is 4.35. The number of hydrogen-bond acceptors (Lipinski definition) is 1. The summed E-state index contributed by atoms with van der Waals surface area (Å²) in [6, 6.07) is 4.62. The van der Waals surface area contributed by atoms with Crippen LogP contribution in [0.3, 0.4) is 0 Å². The second-order valence-corrected chi connectivity index (χ2v) is 3.81. The molecule has 0 spiro atoms. The molecule has 0 aliphatic heterocycles. The van der Waals surface area contributed by atoms with Gasteiger partial charge in [0, 0.05) is 0 Å². The quantitative estimate of drug-likeness (QED) is 0.789. The lowest BCUT2D eigenvalue weighted by atomic mass is 9.96. The zero-order valence-corrected chi connectivity index (χ0v) is 8.47. The molecule has 0 bridgehead atoms. The summed E-state index contributed by atoms with van der Waals surface area (Å²) in [6.07, 6.45) is 0. The topological polar surface area (TPSA) is 37.3 Å². The molecule has 2 nitrogen and oxygen atoms in total. The summed E-state index contributed by atoms with van der Waals surface area (Å²) in [5, 5.41) is 8.83. The van der Waals surface area contributed by atoms with Crippen LogP contribution in [0.5, 0.6) is 0 Å². The second-order valence-electron chi connectivity index (χ2n) is 3.81. The molecule has 0 aliphatic carbocycles. The highest BCUT2D eigenvalue weighted by Crippen LogP contribution is 2.26. The van der Waals surface area contributed by atoms with Crippen molar-refractivity contribution in [2.75, 3.05) is 0 Å². The van der Waals surface area contributed by atoms with Gasteiger partial charge in [-0.1, -0.05) is 12.1 Å². The lowest BCUT2D eigenvalue weighted by molar-refractivity contribution is 0.0696. The van der Waals surface area contributed by atoms with E-state index in [9.17, 15) is 9.18 Å². The molecule has 0 saturated carbocycles. The van der Waals surface area contributed by atoms with Crippen LogP contribution in [-0.4, -0.2) is 11.1 Å². The maximum absolute atomic E-state index is 13.5. The van der Waals surface area contributed by atoms with Gasteiger partial charge < -0.3 is 5.11 Å². The van der Waals surface area contributed by atoms with E-state index in [0.29, 0.717) is 11.1 Å². The predicted octanol–water partition coefficient (Wildman–Crippen LogP) is 2.90. The Balaban J connectivity index is 3.27. The average molecular weight is 196 g/mol. The lowest BCUT2D eigenvalue weighted by Crippen LogP contribution is -2.11. The molecule has 76 valence electrons. The molecular weight excluding hydrogens is 183 g/mol.